The highest BCUT2D eigenvalue weighted by atomic mass is 16.4. The molecular weight excluding hydrogens is 436 g/mol. The van der Waals surface area contributed by atoms with Crippen LogP contribution in [0.15, 0.2) is 0 Å². The Morgan fingerprint density at radius 3 is 1.91 bits per heavy atom. The van der Waals surface area contributed by atoms with Crippen LogP contribution in [0.4, 0.5) is 0 Å². The van der Waals surface area contributed by atoms with Crippen molar-refractivity contribution in [1.82, 2.24) is 16.0 Å². The number of carbonyl (C=O) groups excluding carboxylic acids is 4. The Labute approximate surface area is 193 Å². The van der Waals surface area contributed by atoms with Crippen LogP contribution in [-0.2, 0) is 24.0 Å². The van der Waals surface area contributed by atoms with E-state index in [1.165, 1.54) is 6.92 Å². The van der Waals surface area contributed by atoms with Gasteiger partial charge in [0.05, 0.1) is 18.6 Å². The van der Waals surface area contributed by atoms with Gasteiger partial charge in [0.25, 0.3) is 0 Å². The fraction of sp³-hybridized carbons (Fsp3) is 0.750. The summed E-state index contributed by atoms with van der Waals surface area (Å²) in [5, 5.41) is 26.5. The lowest BCUT2D eigenvalue weighted by Crippen LogP contribution is -2.60. The van der Waals surface area contributed by atoms with Crippen molar-refractivity contribution in [2.45, 2.75) is 83.1 Å². The lowest BCUT2D eigenvalue weighted by atomic mass is 10.0. The van der Waals surface area contributed by atoms with Crippen molar-refractivity contribution < 1.29 is 34.2 Å². The van der Waals surface area contributed by atoms with Crippen molar-refractivity contribution in [2.75, 3.05) is 6.54 Å². The smallest absolute Gasteiger partial charge is 0.326 e. The average Bonchev–Trinajstić information content (AvgIpc) is 2.69. The zero-order chi connectivity index (χ0) is 25.7. The fourth-order valence-electron chi connectivity index (χ4n) is 2.96. The number of primary amides is 1. The summed E-state index contributed by atoms with van der Waals surface area (Å²) in [6, 6.07) is -5.07. The third-order valence-corrected chi connectivity index (χ3v) is 4.72. The second-order valence-corrected chi connectivity index (χ2v) is 8.38. The summed E-state index contributed by atoms with van der Waals surface area (Å²) in [6.45, 7) is 5.23. The highest BCUT2D eigenvalue weighted by molar-refractivity contribution is 5.95. The number of aliphatic hydroxyl groups is 1. The number of rotatable bonds is 16. The molecule has 0 saturated carbocycles. The largest absolute Gasteiger partial charge is 0.480 e. The number of hydrogen-bond donors (Lipinski definition) is 8. The summed E-state index contributed by atoms with van der Waals surface area (Å²) >= 11 is 0. The van der Waals surface area contributed by atoms with E-state index in [1.54, 1.807) is 13.8 Å². The Balaban J connectivity index is 5.37. The van der Waals surface area contributed by atoms with Crippen LogP contribution in [0, 0.1) is 5.92 Å². The number of aliphatic carboxylic acids is 1. The van der Waals surface area contributed by atoms with Crippen molar-refractivity contribution in [1.29, 1.82) is 0 Å². The number of carboxylic acid groups (broad SMARTS) is 1. The molecule has 0 spiro atoms. The molecule has 0 unspecified atom stereocenters. The van der Waals surface area contributed by atoms with Crippen LogP contribution in [-0.4, -0.2) is 76.6 Å². The Hall–Kier alpha value is -2.77. The number of carbonyl (C=O) groups is 5. The molecule has 0 heterocycles. The zero-order valence-corrected chi connectivity index (χ0v) is 19.4. The standard InChI is InChI=1S/C20H38N6O7/c1-10(2)8-14(25-17(29)12(22)9-15(23)28)18(30)26-16(11(3)27)19(31)24-13(20(32)33)6-4-5-7-21/h10-14,16,27H,4-9,21-22H2,1-3H3,(H2,23,28)(H,24,31)(H,25,29)(H,26,30)(H,32,33)/t11-,12+,13+,14+,16+/m1/s1. The maximum Gasteiger partial charge on any atom is 0.326 e. The molecule has 13 heteroatoms. The molecule has 190 valence electrons. The van der Waals surface area contributed by atoms with Gasteiger partial charge < -0.3 is 43.4 Å². The van der Waals surface area contributed by atoms with E-state index in [9.17, 15) is 34.2 Å². The van der Waals surface area contributed by atoms with E-state index < -0.39 is 66.3 Å². The first-order valence-corrected chi connectivity index (χ1v) is 10.9. The van der Waals surface area contributed by atoms with E-state index in [2.05, 4.69) is 16.0 Å². The van der Waals surface area contributed by atoms with Crippen LogP contribution in [0.1, 0.15) is 52.9 Å². The average molecular weight is 475 g/mol. The van der Waals surface area contributed by atoms with Crippen LogP contribution >= 0.6 is 0 Å². The predicted molar refractivity (Wildman–Crippen MR) is 119 cm³/mol. The molecule has 0 aliphatic heterocycles. The molecule has 0 bridgehead atoms. The molecule has 33 heavy (non-hydrogen) atoms. The molecule has 0 aliphatic rings. The predicted octanol–water partition coefficient (Wildman–Crippen LogP) is -2.72. The number of nitrogens with two attached hydrogens (primary N) is 3. The van der Waals surface area contributed by atoms with Gasteiger partial charge in [0.1, 0.15) is 18.1 Å². The minimum Gasteiger partial charge on any atom is -0.480 e. The second-order valence-electron chi connectivity index (χ2n) is 8.38. The molecule has 0 aliphatic carbocycles. The molecule has 11 N–H and O–H groups in total. The van der Waals surface area contributed by atoms with Crippen molar-refractivity contribution in [3.8, 4) is 0 Å². The van der Waals surface area contributed by atoms with E-state index >= 15 is 0 Å². The summed E-state index contributed by atoms with van der Waals surface area (Å²) in [6.07, 6.45) is -0.437. The number of carboxylic acids is 1. The van der Waals surface area contributed by atoms with Gasteiger partial charge in [-0.25, -0.2) is 4.79 Å². The first-order valence-electron chi connectivity index (χ1n) is 10.9. The minimum absolute atomic E-state index is 0.0498. The van der Waals surface area contributed by atoms with Crippen molar-refractivity contribution in [3.05, 3.63) is 0 Å². The van der Waals surface area contributed by atoms with E-state index in [-0.39, 0.29) is 18.8 Å². The monoisotopic (exact) mass is 474 g/mol. The molecule has 0 saturated heterocycles. The Morgan fingerprint density at radius 2 is 1.45 bits per heavy atom. The maximum atomic E-state index is 12.8. The quantitative estimate of drug-likeness (QED) is 0.108. The molecule has 0 aromatic carbocycles. The molecule has 0 aromatic rings. The van der Waals surface area contributed by atoms with Crippen molar-refractivity contribution in [3.63, 3.8) is 0 Å². The van der Waals surface area contributed by atoms with Gasteiger partial charge in [-0.05, 0) is 45.1 Å². The summed E-state index contributed by atoms with van der Waals surface area (Å²) < 4.78 is 0. The van der Waals surface area contributed by atoms with Gasteiger partial charge in [-0.15, -0.1) is 0 Å². The van der Waals surface area contributed by atoms with E-state index in [0.29, 0.717) is 19.4 Å². The second kappa shape index (κ2) is 15.1. The molecule has 4 amide bonds. The summed E-state index contributed by atoms with van der Waals surface area (Å²) in [5.41, 5.74) is 16.1. The van der Waals surface area contributed by atoms with Gasteiger partial charge in [-0.1, -0.05) is 13.8 Å². The number of amides is 4. The SMILES string of the molecule is CC(C)C[C@H](NC(=O)[C@@H](N)CC(N)=O)C(=O)N[C@H](C(=O)N[C@@H](CCCCN)C(=O)O)[C@@H](C)O. The van der Waals surface area contributed by atoms with Crippen molar-refractivity contribution >= 4 is 29.6 Å². The van der Waals surface area contributed by atoms with Gasteiger partial charge in [0.15, 0.2) is 0 Å². The normalized spacial score (nSPS) is 15.6. The van der Waals surface area contributed by atoms with Gasteiger partial charge in [-0.3, -0.25) is 19.2 Å². The summed E-state index contributed by atoms with van der Waals surface area (Å²) in [7, 11) is 0. The van der Waals surface area contributed by atoms with E-state index in [0.717, 1.165) is 0 Å². The van der Waals surface area contributed by atoms with Gasteiger partial charge in [0, 0.05) is 0 Å². The Bertz CT molecular complexity index is 686. The lowest BCUT2D eigenvalue weighted by molar-refractivity contribution is -0.143. The fourth-order valence-corrected chi connectivity index (χ4v) is 2.96. The zero-order valence-electron chi connectivity index (χ0n) is 19.4. The number of nitrogens with one attached hydrogen (secondary N) is 3. The van der Waals surface area contributed by atoms with Crippen LogP contribution in [0.3, 0.4) is 0 Å². The Morgan fingerprint density at radius 1 is 0.879 bits per heavy atom. The summed E-state index contributed by atoms with van der Waals surface area (Å²) in [5.74, 6) is -4.54. The molecule has 0 rings (SSSR count). The molecule has 0 fully saturated rings. The molecular formula is C20H38N6O7. The molecule has 13 nitrogen and oxygen atoms in total. The third kappa shape index (κ3) is 12.2. The topological polar surface area (TPSA) is 240 Å². The minimum atomic E-state index is -1.47. The lowest BCUT2D eigenvalue weighted by Gasteiger charge is -2.27. The van der Waals surface area contributed by atoms with Gasteiger partial charge in [-0.2, -0.15) is 0 Å². The number of hydrogen-bond acceptors (Lipinski definition) is 8. The Kier molecular flexibility index (Phi) is 13.9. The van der Waals surface area contributed by atoms with Crippen LogP contribution < -0.4 is 33.2 Å². The highest BCUT2D eigenvalue weighted by Crippen LogP contribution is 2.08. The van der Waals surface area contributed by atoms with Crippen LogP contribution in [0.2, 0.25) is 0 Å². The first-order chi connectivity index (χ1) is 15.3. The molecule has 0 aromatic heterocycles. The third-order valence-electron chi connectivity index (χ3n) is 4.72. The van der Waals surface area contributed by atoms with Crippen LogP contribution in [0.25, 0.3) is 0 Å². The van der Waals surface area contributed by atoms with Gasteiger partial charge >= 0.3 is 5.97 Å². The number of unbranched alkanes of at least 4 members (excludes halogenated alkanes) is 1. The molecule has 0 radical (unpaired) electrons. The number of aliphatic hydroxyl groups excluding tert-OH is 1. The first kappa shape index (κ1) is 30.2. The van der Waals surface area contributed by atoms with Gasteiger partial charge in [0.2, 0.25) is 23.6 Å². The summed E-state index contributed by atoms with van der Waals surface area (Å²) in [4.78, 5) is 60.1. The van der Waals surface area contributed by atoms with Crippen molar-refractivity contribution in [2.24, 2.45) is 23.1 Å². The van der Waals surface area contributed by atoms with E-state index in [1.807, 2.05) is 0 Å². The van der Waals surface area contributed by atoms with Crippen LogP contribution in [0.5, 0.6) is 0 Å². The highest BCUT2D eigenvalue weighted by Gasteiger charge is 2.33. The molecule has 5 atom stereocenters. The van der Waals surface area contributed by atoms with E-state index in [4.69, 9.17) is 17.2 Å². The maximum absolute atomic E-state index is 12.8.